The van der Waals surface area contributed by atoms with Crippen LogP contribution in [0.1, 0.15) is 17.5 Å². The van der Waals surface area contributed by atoms with Crippen molar-refractivity contribution < 1.29 is 43.2 Å². The Morgan fingerprint density at radius 3 is 1.97 bits per heavy atom. The number of aliphatic hydroxyl groups is 1. The summed E-state index contributed by atoms with van der Waals surface area (Å²) in [7, 11) is 2.95. The van der Waals surface area contributed by atoms with E-state index in [9.17, 15) is 14.4 Å². The molecule has 0 bridgehead atoms. The highest BCUT2D eigenvalue weighted by molar-refractivity contribution is 6.10. The minimum absolute atomic E-state index is 0.120. The third-order valence-electron chi connectivity index (χ3n) is 5.46. The number of ketones is 2. The summed E-state index contributed by atoms with van der Waals surface area (Å²) in [6.45, 7) is 1.86. The molecule has 1 aliphatic heterocycles. The number of carbonyl (C=O) groups excluding carboxylic acids is 3. The Bertz CT molecular complexity index is 1180. The molecule has 0 aromatic heterocycles. The number of aliphatic hydroxyl groups excluding tert-OH is 1. The molecule has 0 spiro atoms. The van der Waals surface area contributed by atoms with Gasteiger partial charge in [-0.2, -0.15) is 0 Å². The van der Waals surface area contributed by atoms with Gasteiger partial charge in [0.2, 0.25) is 0 Å². The van der Waals surface area contributed by atoms with Gasteiger partial charge in [0.15, 0.2) is 34.6 Å². The largest absolute Gasteiger partial charge is 0.493 e. The second kappa shape index (κ2) is 14.6. The van der Waals surface area contributed by atoms with Gasteiger partial charge in [0.05, 0.1) is 40.5 Å². The van der Waals surface area contributed by atoms with Crippen LogP contribution in [0.15, 0.2) is 48.6 Å². The van der Waals surface area contributed by atoms with Gasteiger partial charge in [-0.05, 0) is 47.5 Å². The van der Waals surface area contributed by atoms with E-state index in [0.29, 0.717) is 54.7 Å². The van der Waals surface area contributed by atoms with Crippen molar-refractivity contribution in [3.05, 3.63) is 59.7 Å². The molecule has 1 amide bonds. The second-order valence-electron chi connectivity index (χ2n) is 8.14. The van der Waals surface area contributed by atoms with Gasteiger partial charge in [0.1, 0.15) is 6.61 Å². The fraction of sp³-hybridized carbons (Fsp3) is 0.321. The highest BCUT2D eigenvalue weighted by Crippen LogP contribution is 2.30. The van der Waals surface area contributed by atoms with E-state index in [0.717, 1.165) is 0 Å². The van der Waals surface area contributed by atoms with E-state index in [1.165, 1.54) is 26.4 Å². The molecule has 38 heavy (non-hydrogen) atoms. The Morgan fingerprint density at radius 1 is 0.868 bits per heavy atom. The standard InChI is InChI=1S/C28H31NO9/c1-34-26-17-20(5-9-24(26)37-16-13-30)3-7-22(31)19-23(32)8-4-21-6-10-25(27(18-21)35-2)38-28(33)29-11-14-36-15-12-29/h3-10,17-18,30H,11-16,19H2,1-2H3/b7-3+,8-4+. The fourth-order valence-electron chi connectivity index (χ4n) is 3.51. The molecular formula is C28H31NO9. The van der Waals surface area contributed by atoms with Crippen LogP contribution in [0.25, 0.3) is 12.2 Å². The van der Waals surface area contributed by atoms with Crippen molar-refractivity contribution in [3.8, 4) is 23.0 Å². The molecule has 10 nitrogen and oxygen atoms in total. The molecule has 2 aromatic carbocycles. The number of methoxy groups -OCH3 is 2. The quantitative estimate of drug-likeness (QED) is 0.329. The topological polar surface area (TPSA) is 121 Å². The first-order chi connectivity index (χ1) is 18.4. The Morgan fingerprint density at radius 2 is 1.42 bits per heavy atom. The number of carbonyl (C=O) groups is 3. The third kappa shape index (κ3) is 8.46. The maximum atomic E-state index is 12.3. The number of hydrogen-bond donors (Lipinski definition) is 1. The Hall–Kier alpha value is -4.15. The van der Waals surface area contributed by atoms with Crippen LogP contribution < -0.4 is 18.9 Å². The minimum atomic E-state index is -0.485. The molecule has 1 fully saturated rings. The number of benzene rings is 2. The first-order valence-corrected chi connectivity index (χ1v) is 12.0. The first-order valence-electron chi connectivity index (χ1n) is 12.0. The van der Waals surface area contributed by atoms with Gasteiger partial charge in [-0.1, -0.05) is 24.3 Å². The van der Waals surface area contributed by atoms with Gasteiger partial charge in [0.25, 0.3) is 0 Å². The number of morpholine rings is 1. The van der Waals surface area contributed by atoms with Crippen LogP contribution in [-0.4, -0.2) is 81.4 Å². The maximum absolute atomic E-state index is 12.3. The lowest BCUT2D eigenvalue weighted by molar-refractivity contribution is -0.121. The average Bonchev–Trinajstić information content (AvgIpc) is 2.94. The molecule has 1 saturated heterocycles. The van der Waals surface area contributed by atoms with Crippen molar-refractivity contribution in [1.29, 1.82) is 0 Å². The van der Waals surface area contributed by atoms with Crippen molar-refractivity contribution in [2.75, 3.05) is 53.7 Å². The predicted octanol–water partition coefficient (Wildman–Crippen LogP) is 3.16. The van der Waals surface area contributed by atoms with E-state index in [-0.39, 0.29) is 37.0 Å². The summed E-state index contributed by atoms with van der Waals surface area (Å²) >= 11 is 0. The summed E-state index contributed by atoms with van der Waals surface area (Å²) < 4.78 is 26.7. The molecule has 2 aromatic rings. The zero-order valence-electron chi connectivity index (χ0n) is 21.4. The second-order valence-corrected chi connectivity index (χ2v) is 8.14. The van der Waals surface area contributed by atoms with Crippen LogP contribution in [-0.2, 0) is 14.3 Å². The molecule has 1 aliphatic rings. The number of allylic oxidation sites excluding steroid dienone is 2. The molecule has 1 heterocycles. The van der Waals surface area contributed by atoms with Crippen molar-refractivity contribution in [2.24, 2.45) is 0 Å². The SMILES string of the molecule is COc1cc(/C=C/C(=O)CC(=O)/C=C/c2ccc(OC(=O)N3CCOCC3)c(OC)c2)ccc1OCCO. The Balaban J connectivity index is 1.55. The van der Waals surface area contributed by atoms with Crippen molar-refractivity contribution in [1.82, 2.24) is 4.90 Å². The number of ether oxygens (including phenoxy) is 5. The Labute approximate surface area is 221 Å². The van der Waals surface area contributed by atoms with E-state index in [2.05, 4.69) is 0 Å². The fourth-order valence-corrected chi connectivity index (χ4v) is 3.51. The van der Waals surface area contributed by atoms with E-state index in [1.807, 2.05) is 0 Å². The zero-order chi connectivity index (χ0) is 27.3. The summed E-state index contributed by atoms with van der Waals surface area (Å²) in [4.78, 5) is 38.5. The lowest BCUT2D eigenvalue weighted by Gasteiger charge is -2.26. The normalized spacial score (nSPS) is 13.5. The molecule has 10 heteroatoms. The molecule has 0 saturated carbocycles. The minimum Gasteiger partial charge on any atom is -0.493 e. The van der Waals surface area contributed by atoms with Crippen LogP contribution >= 0.6 is 0 Å². The van der Waals surface area contributed by atoms with E-state index < -0.39 is 6.09 Å². The van der Waals surface area contributed by atoms with E-state index in [1.54, 1.807) is 53.5 Å². The highest BCUT2D eigenvalue weighted by atomic mass is 16.6. The predicted molar refractivity (Wildman–Crippen MR) is 140 cm³/mol. The van der Waals surface area contributed by atoms with E-state index >= 15 is 0 Å². The number of nitrogens with zero attached hydrogens (tertiary/aromatic N) is 1. The smallest absolute Gasteiger partial charge is 0.415 e. The van der Waals surface area contributed by atoms with Gasteiger partial charge in [-0.25, -0.2) is 4.79 Å². The number of amides is 1. The first kappa shape index (κ1) is 28.4. The van der Waals surface area contributed by atoms with Gasteiger partial charge in [-0.3, -0.25) is 9.59 Å². The molecule has 1 N–H and O–H groups in total. The number of rotatable bonds is 12. The summed E-state index contributed by atoms with van der Waals surface area (Å²) in [5.74, 6) is 0.810. The van der Waals surface area contributed by atoms with Crippen molar-refractivity contribution in [2.45, 2.75) is 6.42 Å². The van der Waals surface area contributed by atoms with Gasteiger partial charge in [0, 0.05) is 13.1 Å². The zero-order valence-corrected chi connectivity index (χ0v) is 21.4. The summed E-state index contributed by atoms with van der Waals surface area (Å²) in [6, 6.07) is 9.99. The molecular weight excluding hydrogens is 494 g/mol. The molecule has 0 atom stereocenters. The molecule has 202 valence electrons. The highest BCUT2D eigenvalue weighted by Gasteiger charge is 2.20. The molecule has 0 aliphatic carbocycles. The maximum Gasteiger partial charge on any atom is 0.415 e. The number of hydrogen-bond acceptors (Lipinski definition) is 9. The van der Waals surface area contributed by atoms with Crippen LogP contribution in [0, 0.1) is 0 Å². The van der Waals surface area contributed by atoms with Crippen molar-refractivity contribution >= 4 is 29.8 Å². The lowest BCUT2D eigenvalue weighted by atomic mass is 10.1. The van der Waals surface area contributed by atoms with Crippen LogP contribution in [0.5, 0.6) is 23.0 Å². The van der Waals surface area contributed by atoms with Crippen LogP contribution in [0.3, 0.4) is 0 Å². The van der Waals surface area contributed by atoms with Crippen LogP contribution in [0.2, 0.25) is 0 Å². The van der Waals surface area contributed by atoms with Gasteiger partial charge >= 0.3 is 6.09 Å². The monoisotopic (exact) mass is 525 g/mol. The summed E-state index contributed by atoms with van der Waals surface area (Å²) in [6.07, 6.45) is 5.01. The van der Waals surface area contributed by atoms with Crippen molar-refractivity contribution in [3.63, 3.8) is 0 Å². The lowest BCUT2D eigenvalue weighted by Crippen LogP contribution is -2.42. The molecule has 0 unspecified atom stereocenters. The van der Waals surface area contributed by atoms with Gasteiger partial charge < -0.3 is 33.7 Å². The van der Waals surface area contributed by atoms with Gasteiger partial charge in [-0.15, -0.1) is 0 Å². The average molecular weight is 526 g/mol. The van der Waals surface area contributed by atoms with Crippen LogP contribution in [0.4, 0.5) is 4.79 Å². The third-order valence-corrected chi connectivity index (χ3v) is 5.46. The summed E-state index contributed by atoms with van der Waals surface area (Å²) in [5.41, 5.74) is 1.33. The molecule has 0 radical (unpaired) electrons. The summed E-state index contributed by atoms with van der Waals surface area (Å²) in [5, 5.41) is 8.90. The molecule has 3 rings (SSSR count). The Kier molecular flexibility index (Phi) is 10.9. The van der Waals surface area contributed by atoms with E-state index in [4.69, 9.17) is 28.8 Å².